The standard InChI is InChI=1S/C14H18N2O/c1-5-14(3,4)15-10-12-6-8-13(9-7-12)16-11(2)17/h1,6-9,15H,10H2,2-4H3,(H,16,17). The number of hydrogen-bond donors (Lipinski definition) is 2. The average Bonchev–Trinajstić information content (AvgIpc) is 2.28. The summed E-state index contributed by atoms with van der Waals surface area (Å²) >= 11 is 0. The smallest absolute Gasteiger partial charge is 0.221 e. The molecule has 0 heterocycles. The Morgan fingerprint density at radius 1 is 1.35 bits per heavy atom. The first-order valence-corrected chi connectivity index (χ1v) is 5.52. The minimum absolute atomic E-state index is 0.0654. The molecule has 0 saturated carbocycles. The molecule has 0 radical (unpaired) electrons. The van der Waals surface area contributed by atoms with Crippen molar-refractivity contribution in [2.24, 2.45) is 0 Å². The number of carbonyl (C=O) groups excluding carboxylic acids is 1. The normalized spacial score (nSPS) is 10.7. The number of amides is 1. The van der Waals surface area contributed by atoms with Crippen LogP contribution in [-0.2, 0) is 11.3 Å². The van der Waals surface area contributed by atoms with Crippen LogP contribution in [-0.4, -0.2) is 11.4 Å². The van der Waals surface area contributed by atoms with Crippen LogP contribution in [0.15, 0.2) is 24.3 Å². The van der Waals surface area contributed by atoms with E-state index in [-0.39, 0.29) is 11.4 Å². The first kappa shape index (κ1) is 13.3. The van der Waals surface area contributed by atoms with Crippen molar-refractivity contribution in [2.75, 3.05) is 5.32 Å². The number of nitrogens with one attached hydrogen (secondary N) is 2. The van der Waals surface area contributed by atoms with E-state index in [1.54, 1.807) is 0 Å². The van der Waals surface area contributed by atoms with Gasteiger partial charge >= 0.3 is 0 Å². The maximum absolute atomic E-state index is 10.8. The summed E-state index contributed by atoms with van der Waals surface area (Å²) in [6, 6.07) is 7.68. The summed E-state index contributed by atoms with van der Waals surface area (Å²) < 4.78 is 0. The van der Waals surface area contributed by atoms with Gasteiger partial charge in [-0.1, -0.05) is 18.1 Å². The Morgan fingerprint density at radius 2 is 1.94 bits per heavy atom. The molecule has 0 fully saturated rings. The molecule has 1 aromatic carbocycles. The summed E-state index contributed by atoms with van der Waals surface area (Å²) in [7, 11) is 0. The molecule has 3 nitrogen and oxygen atoms in total. The van der Waals surface area contributed by atoms with E-state index in [2.05, 4.69) is 16.6 Å². The summed E-state index contributed by atoms with van der Waals surface area (Å²) in [6.45, 7) is 6.11. The Bertz CT molecular complexity index is 427. The fourth-order valence-corrected chi connectivity index (χ4v) is 1.28. The fourth-order valence-electron chi connectivity index (χ4n) is 1.28. The molecule has 0 spiro atoms. The molecule has 0 unspecified atom stereocenters. The number of hydrogen-bond acceptors (Lipinski definition) is 2. The van der Waals surface area contributed by atoms with Crippen LogP contribution in [0, 0.1) is 12.3 Å². The SMILES string of the molecule is C#CC(C)(C)NCc1ccc(NC(C)=O)cc1. The van der Waals surface area contributed by atoms with E-state index < -0.39 is 0 Å². The molecule has 1 rings (SSSR count). The molecular weight excluding hydrogens is 212 g/mol. The van der Waals surface area contributed by atoms with Crippen LogP contribution in [0.3, 0.4) is 0 Å². The van der Waals surface area contributed by atoms with Crippen molar-refractivity contribution in [3.05, 3.63) is 29.8 Å². The molecule has 3 heteroatoms. The van der Waals surface area contributed by atoms with Gasteiger partial charge in [0.15, 0.2) is 0 Å². The maximum atomic E-state index is 10.8. The van der Waals surface area contributed by atoms with Crippen molar-refractivity contribution in [2.45, 2.75) is 32.9 Å². The monoisotopic (exact) mass is 230 g/mol. The van der Waals surface area contributed by atoms with E-state index in [9.17, 15) is 4.79 Å². The Labute approximate surface area is 103 Å². The zero-order chi connectivity index (χ0) is 12.9. The third kappa shape index (κ3) is 4.71. The summed E-state index contributed by atoms with van der Waals surface area (Å²) in [6.07, 6.45) is 5.39. The Hall–Kier alpha value is -1.79. The van der Waals surface area contributed by atoms with Gasteiger partial charge in [0, 0.05) is 19.2 Å². The molecule has 1 aromatic rings. The molecule has 0 aliphatic carbocycles. The van der Waals surface area contributed by atoms with Crippen LogP contribution in [0.1, 0.15) is 26.3 Å². The molecule has 0 aliphatic rings. The second-order valence-electron chi connectivity index (χ2n) is 4.50. The van der Waals surface area contributed by atoms with E-state index in [1.165, 1.54) is 6.92 Å². The van der Waals surface area contributed by atoms with Gasteiger partial charge in [-0.15, -0.1) is 6.42 Å². The number of terminal acetylenes is 1. The van der Waals surface area contributed by atoms with Crippen LogP contribution in [0.5, 0.6) is 0 Å². The summed E-state index contributed by atoms with van der Waals surface area (Å²) in [5.41, 5.74) is 1.62. The third-order valence-corrected chi connectivity index (χ3v) is 2.37. The number of benzene rings is 1. The lowest BCUT2D eigenvalue weighted by Gasteiger charge is -2.19. The van der Waals surface area contributed by atoms with Gasteiger partial charge in [0.2, 0.25) is 5.91 Å². The Morgan fingerprint density at radius 3 is 2.41 bits per heavy atom. The van der Waals surface area contributed by atoms with Gasteiger partial charge in [0.05, 0.1) is 5.54 Å². The highest BCUT2D eigenvalue weighted by atomic mass is 16.1. The minimum Gasteiger partial charge on any atom is -0.326 e. The van der Waals surface area contributed by atoms with Crippen LogP contribution in [0.2, 0.25) is 0 Å². The van der Waals surface area contributed by atoms with Crippen molar-refractivity contribution >= 4 is 11.6 Å². The molecule has 2 N–H and O–H groups in total. The van der Waals surface area contributed by atoms with Crippen LogP contribution in [0.25, 0.3) is 0 Å². The van der Waals surface area contributed by atoms with Gasteiger partial charge in [-0.25, -0.2) is 0 Å². The van der Waals surface area contributed by atoms with Gasteiger partial charge in [-0.2, -0.15) is 0 Å². The molecule has 0 saturated heterocycles. The number of rotatable bonds is 4. The van der Waals surface area contributed by atoms with Crippen LogP contribution < -0.4 is 10.6 Å². The van der Waals surface area contributed by atoms with E-state index in [4.69, 9.17) is 6.42 Å². The number of carbonyl (C=O) groups is 1. The maximum Gasteiger partial charge on any atom is 0.221 e. The molecule has 90 valence electrons. The quantitative estimate of drug-likeness (QED) is 0.778. The van der Waals surface area contributed by atoms with Crippen molar-refractivity contribution in [3.63, 3.8) is 0 Å². The third-order valence-electron chi connectivity index (χ3n) is 2.37. The summed E-state index contributed by atoms with van der Waals surface area (Å²) in [5, 5.41) is 5.99. The van der Waals surface area contributed by atoms with Crippen molar-refractivity contribution in [1.29, 1.82) is 0 Å². The zero-order valence-electron chi connectivity index (χ0n) is 10.5. The van der Waals surface area contributed by atoms with E-state index in [0.29, 0.717) is 6.54 Å². The lowest BCUT2D eigenvalue weighted by atomic mass is 10.1. The van der Waals surface area contributed by atoms with Gasteiger partial charge in [-0.05, 0) is 31.5 Å². The highest BCUT2D eigenvalue weighted by Gasteiger charge is 2.11. The van der Waals surface area contributed by atoms with Gasteiger partial charge < -0.3 is 5.32 Å². The van der Waals surface area contributed by atoms with Crippen molar-refractivity contribution < 1.29 is 4.79 Å². The zero-order valence-corrected chi connectivity index (χ0v) is 10.5. The first-order valence-electron chi connectivity index (χ1n) is 5.52. The lowest BCUT2D eigenvalue weighted by Crippen LogP contribution is -2.36. The van der Waals surface area contributed by atoms with E-state index in [0.717, 1.165) is 11.3 Å². The second kappa shape index (κ2) is 5.51. The second-order valence-corrected chi connectivity index (χ2v) is 4.50. The molecule has 0 aromatic heterocycles. The molecule has 17 heavy (non-hydrogen) atoms. The summed E-state index contributed by atoms with van der Waals surface area (Å²) in [4.78, 5) is 10.8. The largest absolute Gasteiger partial charge is 0.326 e. The molecule has 1 amide bonds. The predicted octanol–water partition coefficient (Wildman–Crippen LogP) is 2.15. The number of anilines is 1. The highest BCUT2D eigenvalue weighted by Crippen LogP contribution is 2.10. The summed E-state index contributed by atoms with van der Waals surface area (Å²) in [5.74, 6) is 2.62. The molecule has 0 aliphatic heterocycles. The van der Waals surface area contributed by atoms with Gasteiger partial charge in [-0.3, -0.25) is 10.1 Å². The Balaban J connectivity index is 2.58. The van der Waals surface area contributed by atoms with Crippen molar-refractivity contribution in [3.8, 4) is 12.3 Å². The Kier molecular flexibility index (Phi) is 4.30. The van der Waals surface area contributed by atoms with Crippen LogP contribution >= 0.6 is 0 Å². The van der Waals surface area contributed by atoms with Crippen molar-refractivity contribution in [1.82, 2.24) is 5.32 Å². The molecular formula is C14H18N2O. The lowest BCUT2D eigenvalue weighted by molar-refractivity contribution is -0.114. The predicted molar refractivity (Wildman–Crippen MR) is 70.5 cm³/mol. The average molecular weight is 230 g/mol. The fraction of sp³-hybridized carbons (Fsp3) is 0.357. The van der Waals surface area contributed by atoms with Gasteiger partial charge in [0.1, 0.15) is 0 Å². The van der Waals surface area contributed by atoms with Gasteiger partial charge in [0.25, 0.3) is 0 Å². The minimum atomic E-state index is -0.309. The highest BCUT2D eigenvalue weighted by molar-refractivity contribution is 5.88. The molecule has 0 atom stereocenters. The topological polar surface area (TPSA) is 41.1 Å². The molecule has 0 bridgehead atoms. The first-order chi connectivity index (χ1) is 7.93. The van der Waals surface area contributed by atoms with Crippen LogP contribution in [0.4, 0.5) is 5.69 Å². The van der Waals surface area contributed by atoms with E-state index >= 15 is 0 Å². The van der Waals surface area contributed by atoms with E-state index in [1.807, 2.05) is 38.1 Å².